The van der Waals surface area contributed by atoms with Gasteiger partial charge in [0.15, 0.2) is 5.96 Å². The minimum absolute atomic E-state index is 0.0105. The van der Waals surface area contributed by atoms with Gasteiger partial charge in [-0.2, -0.15) is 0 Å². The summed E-state index contributed by atoms with van der Waals surface area (Å²) in [6.45, 7) is 7.83. The number of carbonyl (C=O) groups is 2. The van der Waals surface area contributed by atoms with Gasteiger partial charge in [0, 0.05) is 31.6 Å². The third-order valence-corrected chi connectivity index (χ3v) is 4.01. The van der Waals surface area contributed by atoms with Crippen molar-refractivity contribution >= 4 is 18.0 Å². The maximum absolute atomic E-state index is 11.6. The van der Waals surface area contributed by atoms with E-state index in [1.165, 1.54) is 0 Å². The molecule has 0 saturated carbocycles. The molecule has 0 bridgehead atoms. The topological polar surface area (TPSA) is 109 Å². The fraction of sp³-hybridized carbons (Fsp3) is 0.812. The van der Waals surface area contributed by atoms with Crippen LogP contribution in [0.25, 0.3) is 0 Å². The molecule has 0 aromatic heterocycles. The van der Waals surface area contributed by atoms with E-state index in [0.29, 0.717) is 38.6 Å². The Morgan fingerprint density at radius 3 is 2.58 bits per heavy atom. The van der Waals surface area contributed by atoms with Gasteiger partial charge in [-0.25, -0.2) is 4.79 Å². The fourth-order valence-electron chi connectivity index (χ4n) is 2.40. The number of rotatable bonds is 7. The Morgan fingerprint density at radius 1 is 1.33 bits per heavy atom. The number of nitrogens with one attached hydrogen (secondary N) is 2. The molecule has 138 valence electrons. The van der Waals surface area contributed by atoms with Crippen LogP contribution in [0.5, 0.6) is 0 Å². The Bertz CT molecular complexity index is 433. The van der Waals surface area contributed by atoms with E-state index in [-0.39, 0.29) is 24.1 Å². The van der Waals surface area contributed by atoms with Gasteiger partial charge in [0.1, 0.15) is 0 Å². The van der Waals surface area contributed by atoms with E-state index in [1.807, 2.05) is 13.8 Å². The molecule has 4 N–H and O–H groups in total. The number of nitrogens with zero attached hydrogens (tertiary/aromatic N) is 2. The molecule has 2 amide bonds. The zero-order valence-electron chi connectivity index (χ0n) is 15.0. The van der Waals surface area contributed by atoms with Crippen LogP contribution in [0.2, 0.25) is 0 Å². The van der Waals surface area contributed by atoms with Crippen molar-refractivity contribution in [3.05, 3.63) is 0 Å². The van der Waals surface area contributed by atoms with Crippen LogP contribution in [0.15, 0.2) is 4.99 Å². The molecule has 24 heavy (non-hydrogen) atoms. The SMILES string of the molecule is CCOC(=O)N1CCC(NC(N)=NCCC(=O)NC(C)CC)CC1. The highest BCUT2D eigenvalue weighted by Gasteiger charge is 2.23. The first kappa shape index (κ1) is 20.1. The number of hydrogen-bond acceptors (Lipinski definition) is 4. The van der Waals surface area contributed by atoms with Gasteiger partial charge in [0.2, 0.25) is 5.91 Å². The van der Waals surface area contributed by atoms with Gasteiger partial charge in [-0.3, -0.25) is 9.79 Å². The maximum atomic E-state index is 11.6. The smallest absolute Gasteiger partial charge is 0.409 e. The van der Waals surface area contributed by atoms with Crippen LogP contribution in [0.3, 0.4) is 0 Å². The summed E-state index contributed by atoms with van der Waals surface area (Å²) < 4.78 is 4.99. The molecular weight excluding hydrogens is 310 g/mol. The number of aliphatic imine (C=N–C) groups is 1. The number of guanidine groups is 1. The zero-order valence-corrected chi connectivity index (χ0v) is 15.0. The molecule has 8 nitrogen and oxygen atoms in total. The normalized spacial score (nSPS) is 17.3. The van der Waals surface area contributed by atoms with E-state index in [2.05, 4.69) is 15.6 Å². The lowest BCUT2D eigenvalue weighted by molar-refractivity contribution is -0.121. The quantitative estimate of drug-likeness (QED) is 0.469. The molecule has 1 heterocycles. The number of piperidine rings is 1. The van der Waals surface area contributed by atoms with E-state index in [9.17, 15) is 9.59 Å². The molecule has 1 fully saturated rings. The van der Waals surface area contributed by atoms with E-state index < -0.39 is 0 Å². The van der Waals surface area contributed by atoms with Gasteiger partial charge in [-0.15, -0.1) is 0 Å². The highest BCUT2D eigenvalue weighted by molar-refractivity contribution is 5.79. The van der Waals surface area contributed by atoms with Gasteiger partial charge < -0.3 is 26.0 Å². The Labute approximate surface area is 144 Å². The first-order valence-corrected chi connectivity index (χ1v) is 8.73. The lowest BCUT2D eigenvalue weighted by Crippen LogP contribution is -2.48. The maximum Gasteiger partial charge on any atom is 0.409 e. The molecule has 0 aliphatic carbocycles. The summed E-state index contributed by atoms with van der Waals surface area (Å²) in [5.74, 6) is 0.338. The number of ether oxygens (including phenoxy) is 1. The van der Waals surface area contributed by atoms with Crippen molar-refractivity contribution in [3.8, 4) is 0 Å². The van der Waals surface area contributed by atoms with Gasteiger partial charge in [0.05, 0.1) is 13.2 Å². The van der Waals surface area contributed by atoms with E-state index in [0.717, 1.165) is 19.3 Å². The van der Waals surface area contributed by atoms with Crippen molar-refractivity contribution in [1.82, 2.24) is 15.5 Å². The summed E-state index contributed by atoms with van der Waals surface area (Å²) in [6, 6.07) is 0.370. The number of amides is 2. The van der Waals surface area contributed by atoms with Crippen LogP contribution in [0, 0.1) is 0 Å². The number of nitrogens with two attached hydrogens (primary N) is 1. The van der Waals surface area contributed by atoms with E-state index in [1.54, 1.807) is 11.8 Å². The van der Waals surface area contributed by atoms with Gasteiger partial charge in [-0.05, 0) is 33.1 Å². The average Bonchev–Trinajstić information content (AvgIpc) is 2.55. The summed E-state index contributed by atoms with van der Waals surface area (Å²) in [5.41, 5.74) is 5.86. The van der Waals surface area contributed by atoms with Crippen LogP contribution in [0.1, 0.15) is 46.5 Å². The van der Waals surface area contributed by atoms with Crippen molar-refractivity contribution in [2.75, 3.05) is 26.2 Å². The van der Waals surface area contributed by atoms with Gasteiger partial charge in [0.25, 0.3) is 0 Å². The molecule has 1 aliphatic heterocycles. The first-order chi connectivity index (χ1) is 11.5. The van der Waals surface area contributed by atoms with Crippen LogP contribution < -0.4 is 16.4 Å². The molecular formula is C16H31N5O3. The molecule has 1 aliphatic rings. The largest absolute Gasteiger partial charge is 0.450 e. The lowest BCUT2D eigenvalue weighted by atomic mass is 10.1. The van der Waals surface area contributed by atoms with Crippen molar-refractivity contribution in [2.45, 2.75) is 58.5 Å². The van der Waals surface area contributed by atoms with Gasteiger partial charge in [-0.1, -0.05) is 6.92 Å². The summed E-state index contributed by atoms with van der Waals surface area (Å²) in [5, 5.41) is 6.04. The second kappa shape index (κ2) is 10.7. The minimum atomic E-state index is -0.259. The predicted molar refractivity (Wildman–Crippen MR) is 93.8 cm³/mol. The van der Waals surface area contributed by atoms with Crippen LogP contribution >= 0.6 is 0 Å². The standard InChI is InChI=1S/C16H31N5O3/c1-4-12(3)19-14(22)6-9-18-15(17)20-13-7-10-21(11-8-13)16(23)24-5-2/h12-13H,4-11H2,1-3H3,(H,19,22)(H3,17,18,20). The first-order valence-electron chi connectivity index (χ1n) is 8.73. The molecule has 1 saturated heterocycles. The number of hydrogen-bond donors (Lipinski definition) is 3. The highest BCUT2D eigenvalue weighted by Crippen LogP contribution is 2.11. The predicted octanol–water partition coefficient (Wildman–Crippen LogP) is 0.816. The average molecular weight is 341 g/mol. The highest BCUT2D eigenvalue weighted by atomic mass is 16.6. The van der Waals surface area contributed by atoms with Crippen molar-refractivity contribution < 1.29 is 14.3 Å². The summed E-state index contributed by atoms with van der Waals surface area (Å²) in [7, 11) is 0. The third-order valence-electron chi connectivity index (χ3n) is 4.01. The zero-order chi connectivity index (χ0) is 17.9. The number of likely N-dealkylation sites (tertiary alicyclic amines) is 1. The minimum Gasteiger partial charge on any atom is -0.450 e. The molecule has 8 heteroatoms. The van der Waals surface area contributed by atoms with Crippen molar-refractivity contribution in [3.63, 3.8) is 0 Å². The molecule has 1 atom stereocenters. The molecule has 0 radical (unpaired) electrons. The second-order valence-electron chi connectivity index (χ2n) is 6.00. The lowest BCUT2D eigenvalue weighted by Gasteiger charge is -2.31. The molecule has 0 aromatic rings. The second-order valence-corrected chi connectivity index (χ2v) is 6.00. The Balaban J connectivity index is 2.24. The molecule has 0 spiro atoms. The molecule has 1 rings (SSSR count). The van der Waals surface area contributed by atoms with Crippen LogP contribution in [-0.2, 0) is 9.53 Å². The Hall–Kier alpha value is -1.99. The fourth-order valence-corrected chi connectivity index (χ4v) is 2.40. The monoisotopic (exact) mass is 341 g/mol. The molecule has 1 unspecified atom stereocenters. The summed E-state index contributed by atoms with van der Waals surface area (Å²) >= 11 is 0. The van der Waals surface area contributed by atoms with E-state index >= 15 is 0 Å². The Kier molecular flexibility index (Phi) is 8.96. The summed E-state index contributed by atoms with van der Waals surface area (Å²) in [6.07, 6.45) is 2.56. The van der Waals surface area contributed by atoms with Crippen molar-refractivity contribution in [1.29, 1.82) is 0 Å². The number of carbonyl (C=O) groups excluding carboxylic acids is 2. The van der Waals surface area contributed by atoms with Crippen molar-refractivity contribution in [2.24, 2.45) is 10.7 Å². The molecule has 0 aromatic carbocycles. The van der Waals surface area contributed by atoms with Crippen LogP contribution in [0.4, 0.5) is 4.79 Å². The Morgan fingerprint density at radius 2 is 2.00 bits per heavy atom. The van der Waals surface area contributed by atoms with E-state index in [4.69, 9.17) is 10.5 Å². The van der Waals surface area contributed by atoms with Crippen LogP contribution in [-0.4, -0.2) is 61.2 Å². The summed E-state index contributed by atoms with van der Waals surface area (Å²) in [4.78, 5) is 29.2. The van der Waals surface area contributed by atoms with Gasteiger partial charge >= 0.3 is 6.09 Å². The third kappa shape index (κ3) is 7.52.